The van der Waals surface area contributed by atoms with E-state index >= 15 is 0 Å². The molecule has 204 valence electrons. The standard InChI is InChI=1S/C32H42N2O4/c1-3-5-7-9-11-13-19-33-27-23-26(30-18-16-22-38-30)32(36)34(20-14-12-10-8-6-4-2)28(27)24-25(31(33)35)29-17-15-21-37-29/h15-18,21-24H,3-14,19-20H2,1-2H3. The van der Waals surface area contributed by atoms with Crippen LogP contribution in [0.3, 0.4) is 0 Å². The van der Waals surface area contributed by atoms with Crippen molar-refractivity contribution in [3.63, 3.8) is 0 Å². The molecule has 0 radical (unpaired) electrons. The highest BCUT2D eigenvalue weighted by molar-refractivity contribution is 5.84. The highest BCUT2D eigenvalue weighted by atomic mass is 16.3. The summed E-state index contributed by atoms with van der Waals surface area (Å²) in [7, 11) is 0. The molecule has 0 N–H and O–H groups in total. The van der Waals surface area contributed by atoms with Crippen LogP contribution in [-0.2, 0) is 13.1 Å². The summed E-state index contributed by atoms with van der Waals surface area (Å²) in [5, 5.41) is 0. The lowest BCUT2D eigenvalue weighted by Gasteiger charge is -2.18. The summed E-state index contributed by atoms with van der Waals surface area (Å²) in [5.74, 6) is 1.06. The minimum absolute atomic E-state index is 0.0869. The van der Waals surface area contributed by atoms with Crippen molar-refractivity contribution in [2.75, 3.05) is 0 Å². The first-order valence-electron chi connectivity index (χ1n) is 14.5. The summed E-state index contributed by atoms with van der Waals surface area (Å²) in [5.41, 5.74) is 2.37. The van der Waals surface area contributed by atoms with E-state index in [0.29, 0.717) is 35.7 Å². The third kappa shape index (κ3) is 6.58. The van der Waals surface area contributed by atoms with E-state index in [1.807, 2.05) is 33.4 Å². The third-order valence-electron chi connectivity index (χ3n) is 7.40. The number of hydrogen-bond donors (Lipinski definition) is 0. The first-order chi connectivity index (χ1) is 18.7. The van der Waals surface area contributed by atoms with Gasteiger partial charge in [0.05, 0.1) is 34.7 Å². The largest absolute Gasteiger partial charge is 0.464 e. The number of unbranched alkanes of at least 4 members (excludes halogenated alkanes) is 10. The van der Waals surface area contributed by atoms with Gasteiger partial charge in [0.1, 0.15) is 11.5 Å². The molecule has 0 aromatic carbocycles. The van der Waals surface area contributed by atoms with Gasteiger partial charge in [0.2, 0.25) is 0 Å². The number of hydrogen-bond acceptors (Lipinski definition) is 4. The van der Waals surface area contributed by atoms with Crippen LogP contribution in [0.15, 0.2) is 67.3 Å². The minimum atomic E-state index is -0.0869. The van der Waals surface area contributed by atoms with Crippen LogP contribution in [0.4, 0.5) is 0 Å². The number of aryl methyl sites for hydroxylation is 2. The van der Waals surface area contributed by atoms with Gasteiger partial charge in [0.25, 0.3) is 11.1 Å². The predicted octanol–water partition coefficient (Wildman–Crippen LogP) is 8.40. The molecule has 6 heteroatoms. The van der Waals surface area contributed by atoms with E-state index in [2.05, 4.69) is 13.8 Å². The zero-order valence-electron chi connectivity index (χ0n) is 23.0. The van der Waals surface area contributed by atoms with E-state index in [9.17, 15) is 9.59 Å². The van der Waals surface area contributed by atoms with Crippen molar-refractivity contribution in [2.45, 2.75) is 104 Å². The molecule has 0 fully saturated rings. The summed E-state index contributed by atoms with van der Waals surface area (Å²) in [6, 6.07) is 10.9. The summed E-state index contributed by atoms with van der Waals surface area (Å²) < 4.78 is 15.0. The van der Waals surface area contributed by atoms with E-state index < -0.39 is 0 Å². The van der Waals surface area contributed by atoms with Gasteiger partial charge >= 0.3 is 0 Å². The van der Waals surface area contributed by atoms with Gasteiger partial charge in [-0.2, -0.15) is 0 Å². The fourth-order valence-corrected chi connectivity index (χ4v) is 5.25. The Hall–Kier alpha value is -3.28. The molecule has 0 atom stereocenters. The normalized spacial score (nSPS) is 11.5. The van der Waals surface area contributed by atoms with Crippen LogP contribution in [0.1, 0.15) is 90.9 Å². The minimum Gasteiger partial charge on any atom is -0.464 e. The molecule has 4 heterocycles. The Kier molecular flexibility index (Phi) is 10.2. The lowest BCUT2D eigenvalue weighted by Crippen LogP contribution is -2.28. The lowest BCUT2D eigenvalue weighted by atomic mass is 10.1. The predicted molar refractivity (Wildman–Crippen MR) is 155 cm³/mol. The average Bonchev–Trinajstić information content (AvgIpc) is 3.65. The van der Waals surface area contributed by atoms with E-state index in [1.165, 1.54) is 51.4 Å². The number of fused-ring (bicyclic) bond motifs is 1. The summed E-state index contributed by atoms with van der Waals surface area (Å²) in [4.78, 5) is 27.6. The molecule has 6 nitrogen and oxygen atoms in total. The molecule has 4 aromatic rings. The van der Waals surface area contributed by atoms with Crippen LogP contribution >= 0.6 is 0 Å². The first kappa shape index (κ1) is 27.7. The monoisotopic (exact) mass is 518 g/mol. The molecule has 0 aliphatic carbocycles. The topological polar surface area (TPSA) is 70.3 Å². The Morgan fingerprint density at radius 2 is 0.974 bits per heavy atom. The Labute approximate surface area is 225 Å². The average molecular weight is 519 g/mol. The van der Waals surface area contributed by atoms with Crippen LogP contribution in [-0.4, -0.2) is 9.13 Å². The maximum atomic E-state index is 13.8. The summed E-state index contributed by atoms with van der Waals surface area (Å²) >= 11 is 0. The number of nitrogens with zero attached hydrogens (tertiary/aromatic N) is 2. The Bertz CT molecular complexity index is 1270. The van der Waals surface area contributed by atoms with E-state index in [1.54, 1.807) is 24.7 Å². The van der Waals surface area contributed by atoms with Crippen molar-refractivity contribution in [3.8, 4) is 22.6 Å². The first-order valence-corrected chi connectivity index (χ1v) is 14.5. The van der Waals surface area contributed by atoms with E-state index in [-0.39, 0.29) is 11.1 Å². The lowest BCUT2D eigenvalue weighted by molar-refractivity contribution is 0.547. The molecule has 0 amide bonds. The quantitative estimate of drug-likeness (QED) is 0.140. The van der Waals surface area contributed by atoms with E-state index in [4.69, 9.17) is 8.83 Å². The zero-order chi connectivity index (χ0) is 26.7. The fourth-order valence-electron chi connectivity index (χ4n) is 5.25. The molecule has 38 heavy (non-hydrogen) atoms. The Morgan fingerprint density at radius 3 is 1.34 bits per heavy atom. The maximum Gasteiger partial charge on any atom is 0.262 e. The van der Waals surface area contributed by atoms with Crippen LogP contribution < -0.4 is 11.1 Å². The summed E-state index contributed by atoms with van der Waals surface area (Å²) in [6.07, 6.45) is 16.8. The second-order valence-electron chi connectivity index (χ2n) is 10.3. The molecule has 0 bridgehead atoms. The second kappa shape index (κ2) is 14.0. The number of aromatic nitrogens is 2. The van der Waals surface area contributed by atoms with Gasteiger partial charge in [-0.25, -0.2) is 0 Å². The molecule has 0 saturated heterocycles. The van der Waals surface area contributed by atoms with Crippen molar-refractivity contribution < 1.29 is 8.83 Å². The molecule has 0 saturated carbocycles. The van der Waals surface area contributed by atoms with Gasteiger partial charge in [0.15, 0.2) is 0 Å². The second-order valence-corrected chi connectivity index (χ2v) is 10.3. The molecular weight excluding hydrogens is 476 g/mol. The van der Waals surface area contributed by atoms with Crippen molar-refractivity contribution in [2.24, 2.45) is 0 Å². The molecule has 0 aliphatic heterocycles. The smallest absolute Gasteiger partial charge is 0.262 e. The number of furan rings is 2. The third-order valence-corrected chi connectivity index (χ3v) is 7.40. The van der Waals surface area contributed by atoms with Gasteiger partial charge in [-0.3, -0.25) is 9.59 Å². The van der Waals surface area contributed by atoms with Gasteiger partial charge in [-0.1, -0.05) is 78.1 Å². The Balaban J connectivity index is 1.78. The highest BCUT2D eigenvalue weighted by Crippen LogP contribution is 2.26. The summed E-state index contributed by atoms with van der Waals surface area (Å²) in [6.45, 7) is 5.63. The maximum absolute atomic E-state index is 13.8. The number of pyridine rings is 2. The molecule has 4 rings (SSSR count). The van der Waals surface area contributed by atoms with Crippen LogP contribution in [0.25, 0.3) is 33.7 Å². The molecule has 4 aromatic heterocycles. The molecule has 0 spiro atoms. The van der Waals surface area contributed by atoms with Gasteiger partial charge in [-0.05, 0) is 49.2 Å². The van der Waals surface area contributed by atoms with E-state index in [0.717, 1.165) is 36.7 Å². The highest BCUT2D eigenvalue weighted by Gasteiger charge is 2.19. The van der Waals surface area contributed by atoms with Gasteiger partial charge in [0, 0.05) is 13.1 Å². The van der Waals surface area contributed by atoms with Crippen LogP contribution in [0.2, 0.25) is 0 Å². The van der Waals surface area contributed by atoms with Crippen molar-refractivity contribution >= 4 is 11.0 Å². The fraction of sp³-hybridized carbons (Fsp3) is 0.500. The SMILES string of the molecule is CCCCCCCCn1c(=O)c(-c2ccco2)cc2c1cc(-c1ccco1)c(=O)n2CCCCCCCC. The molecule has 0 aliphatic rings. The molecule has 0 unspecified atom stereocenters. The van der Waals surface area contributed by atoms with Gasteiger partial charge in [-0.15, -0.1) is 0 Å². The zero-order valence-corrected chi connectivity index (χ0v) is 23.0. The van der Waals surface area contributed by atoms with Crippen molar-refractivity contribution in [1.82, 2.24) is 9.13 Å². The van der Waals surface area contributed by atoms with Crippen molar-refractivity contribution in [1.29, 1.82) is 0 Å². The van der Waals surface area contributed by atoms with Crippen LogP contribution in [0.5, 0.6) is 0 Å². The van der Waals surface area contributed by atoms with Crippen molar-refractivity contribution in [3.05, 3.63) is 69.6 Å². The van der Waals surface area contributed by atoms with Crippen LogP contribution in [0, 0.1) is 0 Å². The van der Waals surface area contributed by atoms with Gasteiger partial charge < -0.3 is 18.0 Å². The molecular formula is C32H42N2O4. The Morgan fingerprint density at radius 1 is 0.579 bits per heavy atom. The number of rotatable bonds is 16.